The van der Waals surface area contributed by atoms with Crippen LogP contribution in [0.25, 0.3) is 0 Å². The average molecular weight is 322 g/mol. The van der Waals surface area contributed by atoms with Crippen molar-refractivity contribution < 1.29 is 4.79 Å². The van der Waals surface area contributed by atoms with Crippen molar-refractivity contribution in [3.63, 3.8) is 0 Å². The van der Waals surface area contributed by atoms with Gasteiger partial charge in [0.1, 0.15) is 0 Å². The Labute approximate surface area is 135 Å². The van der Waals surface area contributed by atoms with Crippen LogP contribution in [0.3, 0.4) is 0 Å². The summed E-state index contributed by atoms with van der Waals surface area (Å²) in [5.74, 6) is 1.47. The van der Waals surface area contributed by atoms with Crippen LogP contribution in [-0.4, -0.2) is 16.9 Å². The predicted octanol–water partition coefficient (Wildman–Crippen LogP) is 4.83. The molecule has 1 aliphatic heterocycles. The van der Waals surface area contributed by atoms with E-state index >= 15 is 0 Å². The number of hydrogen-bond acceptors (Lipinski definition) is 3. The second-order valence-electron chi connectivity index (χ2n) is 5.96. The zero-order valence-electron chi connectivity index (χ0n) is 12.4. The maximum absolute atomic E-state index is 12.0. The summed E-state index contributed by atoms with van der Waals surface area (Å²) >= 11 is 0. The molecule has 1 N–H and O–H groups in total. The molecule has 1 amide bonds. The van der Waals surface area contributed by atoms with Crippen molar-refractivity contribution in [1.82, 2.24) is 0 Å². The third kappa shape index (κ3) is 4.43. The molecule has 114 valence electrons. The molecule has 1 heterocycles. The molecular weight excluding hydrogens is 298 g/mol. The van der Waals surface area contributed by atoms with Crippen molar-refractivity contribution in [3.8, 4) is 0 Å². The molecule has 2 aliphatic rings. The maximum Gasteiger partial charge on any atom is 0.224 e. The van der Waals surface area contributed by atoms with Crippen molar-refractivity contribution in [2.75, 3.05) is 11.1 Å². The summed E-state index contributed by atoms with van der Waals surface area (Å²) in [7, 11) is 4.03. The van der Waals surface area contributed by atoms with Gasteiger partial charge in [-0.2, -0.15) is 0 Å². The summed E-state index contributed by atoms with van der Waals surface area (Å²) < 4.78 is 0. The van der Waals surface area contributed by atoms with Crippen LogP contribution in [0.15, 0.2) is 18.2 Å². The molecule has 1 aromatic rings. The Hall–Kier alpha value is -0.610. The number of unbranched alkanes of at least 4 members (excludes halogenated alkanes) is 1. The number of carbonyl (C=O) groups excluding carboxylic acids is 1. The number of hydrogen-bond donors (Lipinski definition) is 1. The first-order valence-electron chi connectivity index (χ1n) is 8.01. The Morgan fingerprint density at radius 1 is 1.24 bits per heavy atom. The largest absolute Gasteiger partial charge is 0.326 e. The van der Waals surface area contributed by atoms with Gasteiger partial charge in [-0.1, -0.05) is 34.1 Å². The quantitative estimate of drug-likeness (QED) is 0.601. The van der Waals surface area contributed by atoms with E-state index in [9.17, 15) is 4.79 Å². The normalized spacial score (nSPS) is 20.5. The fraction of sp³-hybridized carbons (Fsp3) is 0.588. The SMILES string of the molecule is O=C(CCCCC1CCSS1)Nc1ccc2c(c1)CCC2. The monoisotopic (exact) mass is 321 g/mol. The van der Waals surface area contributed by atoms with Crippen LogP contribution < -0.4 is 5.32 Å². The van der Waals surface area contributed by atoms with Crippen molar-refractivity contribution in [1.29, 1.82) is 0 Å². The van der Waals surface area contributed by atoms with Crippen LogP contribution in [0.2, 0.25) is 0 Å². The Balaban J connectivity index is 1.37. The van der Waals surface area contributed by atoms with Crippen molar-refractivity contribution >= 4 is 33.2 Å². The second kappa shape index (κ2) is 7.59. The van der Waals surface area contributed by atoms with Crippen molar-refractivity contribution in [2.45, 2.75) is 56.6 Å². The number of fused-ring (bicyclic) bond motifs is 1. The molecule has 0 radical (unpaired) electrons. The van der Waals surface area contributed by atoms with Gasteiger partial charge in [0, 0.05) is 23.1 Å². The zero-order valence-corrected chi connectivity index (χ0v) is 14.0. The lowest BCUT2D eigenvalue weighted by Crippen LogP contribution is -2.11. The molecule has 1 atom stereocenters. The number of amides is 1. The molecule has 0 aromatic heterocycles. The number of nitrogens with one attached hydrogen (secondary N) is 1. The summed E-state index contributed by atoms with van der Waals surface area (Å²) in [5, 5.41) is 3.88. The molecule has 3 rings (SSSR count). The highest BCUT2D eigenvalue weighted by molar-refractivity contribution is 8.77. The third-order valence-corrected chi connectivity index (χ3v) is 7.30. The first-order chi connectivity index (χ1) is 10.3. The highest BCUT2D eigenvalue weighted by Crippen LogP contribution is 2.39. The first-order valence-corrected chi connectivity index (χ1v) is 10.4. The summed E-state index contributed by atoms with van der Waals surface area (Å²) in [6.45, 7) is 0. The summed E-state index contributed by atoms with van der Waals surface area (Å²) in [6.07, 6.45) is 9.07. The smallest absolute Gasteiger partial charge is 0.224 e. The Morgan fingerprint density at radius 3 is 3.00 bits per heavy atom. The highest BCUT2D eigenvalue weighted by atomic mass is 33.1. The van der Waals surface area contributed by atoms with Gasteiger partial charge >= 0.3 is 0 Å². The minimum absolute atomic E-state index is 0.168. The van der Waals surface area contributed by atoms with E-state index in [-0.39, 0.29) is 5.91 Å². The average Bonchev–Trinajstić information content (AvgIpc) is 3.14. The van der Waals surface area contributed by atoms with Crippen molar-refractivity contribution in [3.05, 3.63) is 29.3 Å². The van der Waals surface area contributed by atoms with E-state index in [1.807, 2.05) is 21.6 Å². The lowest BCUT2D eigenvalue weighted by Gasteiger charge is -2.09. The second-order valence-corrected chi connectivity index (χ2v) is 8.75. The highest BCUT2D eigenvalue weighted by Gasteiger charge is 2.16. The minimum atomic E-state index is 0.168. The topological polar surface area (TPSA) is 29.1 Å². The van der Waals surface area contributed by atoms with Crippen LogP contribution >= 0.6 is 21.6 Å². The van der Waals surface area contributed by atoms with Crippen LogP contribution in [0, 0.1) is 0 Å². The standard InChI is InChI=1S/C17H23NOS2/c19-17(7-2-1-6-16-10-11-20-21-16)18-15-9-8-13-4-3-5-14(13)12-15/h8-9,12,16H,1-7,10-11H2,(H,18,19). The van der Waals surface area contributed by atoms with Crippen LogP contribution in [0.4, 0.5) is 5.69 Å². The number of carbonyl (C=O) groups is 1. The molecule has 4 heteroatoms. The van der Waals surface area contributed by atoms with E-state index in [0.717, 1.165) is 23.8 Å². The van der Waals surface area contributed by atoms with E-state index in [1.165, 1.54) is 49.0 Å². The first kappa shape index (κ1) is 15.3. The Kier molecular flexibility index (Phi) is 5.53. The van der Waals surface area contributed by atoms with E-state index in [2.05, 4.69) is 23.5 Å². The maximum atomic E-state index is 12.0. The molecule has 21 heavy (non-hydrogen) atoms. The predicted molar refractivity (Wildman–Crippen MR) is 94.0 cm³/mol. The van der Waals surface area contributed by atoms with Gasteiger partial charge in [0.15, 0.2) is 0 Å². The molecule has 1 aliphatic carbocycles. The van der Waals surface area contributed by atoms with Gasteiger partial charge in [-0.3, -0.25) is 4.79 Å². The molecule has 0 saturated carbocycles. The van der Waals surface area contributed by atoms with Crippen LogP contribution in [0.1, 0.15) is 49.7 Å². The van der Waals surface area contributed by atoms with Gasteiger partial charge in [-0.05, 0) is 61.8 Å². The van der Waals surface area contributed by atoms with E-state index < -0.39 is 0 Å². The number of benzene rings is 1. The molecule has 0 spiro atoms. The number of rotatable bonds is 6. The summed E-state index contributed by atoms with van der Waals surface area (Å²) in [5.41, 5.74) is 3.85. The summed E-state index contributed by atoms with van der Waals surface area (Å²) in [4.78, 5) is 12.0. The van der Waals surface area contributed by atoms with Crippen LogP contribution in [-0.2, 0) is 17.6 Å². The van der Waals surface area contributed by atoms with Gasteiger partial charge in [0.2, 0.25) is 5.91 Å². The molecular formula is C17H23NOS2. The fourth-order valence-electron chi connectivity index (χ4n) is 3.10. The molecule has 0 bridgehead atoms. The Morgan fingerprint density at radius 2 is 2.14 bits per heavy atom. The van der Waals surface area contributed by atoms with E-state index in [0.29, 0.717) is 6.42 Å². The van der Waals surface area contributed by atoms with E-state index in [1.54, 1.807) is 0 Å². The molecule has 1 saturated heterocycles. The minimum Gasteiger partial charge on any atom is -0.326 e. The fourth-order valence-corrected chi connectivity index (χ4v) is 6.12. The molecule has 1 aromatic carbocycles. The lowest BCUT2D eigenvalue weighted by atomic mass is 10.1. The van der Waals surface area contributed by atoms with Gasteiger partial charge < -0.3 is 5.32 Å². The summed E-state index contributed by atoms with van der Waals surface area (Å²) in [6, 6.07) is 6.38. The molecule has 2 nitrogen and oxygen atoms in total. The van der Waals surface area contributed by atoms with Gasteiger partial charge in [-0.15, -0.1) is 0 Å². The molecule has 1 unspecified atom stereocenters. The van der Waals surface area contributed by atoms with Crippen LogP contribution in [0.5, 0.6) is 0 Å². The van der Waals surface area contributed by atoms with E-state index in [4.69, 9.17) is 0 Å². The lowest BCUT2D eigenvalue weighted by molar-refractivity contribution is -0.116. The van der Waals surface area contributed by atoms with Crippen molar-refractivity contribution in [2.24, 2.45) is 0 Å². The van der Waals surface area contributed by atoms with Gasteiger partial charge in [0.05, 0.1) is 0 Å². The zero-order chi connectivity index (χ0) is 14.5. The van der Waals surface area contributed by atoms with Gasteiger partial charge in [-0.25, -0.2) is 0 Å². The molecule has 1 fully saturated rings. The number of aryl methyl sites for hydroxylation is 2. The third-order valence-electron chi connectivity index (χ3n) is 4.29. The van der Waals surface area contributed by atoms with Gasteiger partial charge in [0.25, 0.3) is 0 Å². The number of anilines is 1. The Bertz CT molecular complexity index is 498.